The molecule has 1 saturated carbocycles. The molecule has 1 heterocycles. The zero-order chi connectivity index (χ0) is 15.6. The van der Waals surface area contributed by atoms with Gasteiger partial charge in [-0.1, -0.05) is 19.8 Å². The van der Waals surface area contributed by atoms with Crippen LogP contribution in [0.2, 0.25) is 0 Å². The number of amides is 1. The molecule has 1 N–H and O–H groups in total. The Kier molecular flexibility index (Phi) is 4.65. The predicted octanol–water partition coefficient (Wildman–Crippen LogP) is 0.672. The van der Waals surface area contributed by atoms with Crippen LogP contribution in [0, 0.1) is 5.92 Å². The number of nitrogens with one attached hydrogen (secondary N) is 1. The molecule has 2 rings (SSSR count). The standard InChI is InChI=1S/C13H22N4O3S/c1-9-6-4-5-7-11(9)15-12(18)10(2)21(19,20)13-16-14-8-17(13)3/h8-11H,4-7H2,1-3H3,(H,15,18)/t9-,10-,11-/m1/s1. The van der Waals surface area contributed by atoms with Crippen molar-refractivity contribution in [1.82, 2.24) is 20.1 Å². The molecule has 0 radical (unpaired) electrons. The van der Waals surface area contributed by atoms with E-state index in [4.69, 9.17) is 0 Å². The largest absolute Gasteiger partial charge is 0.352 e. The number of hydrogen-bond acceptors (Lipinski definition) is 5. The highest BCUT2D eigenvalue weighted by Crippen LogP contribution is 2.24. The van der Waals surface area contributed by atoms with Gasteiger partial charge in [0.2, 0.25) is 20.9 Å². The van der Waals surface area contributed by atoms with E-state index in [0.29, 0.717) is 5.92 Å². The first kappa shape index (κ1) is 15.9. The van der Waals surface area contributed by atoms with Gasteiger partial charge in [-0.3, -0.25) is 4.79 Å². The Hall–Kier alpha value is -1.44. The van der Waals surface area contributed by atoms with Crippen LogP contribution in [0.3, 0.4) is 0 Å². The Morgan fingerprint density at radius 2 is 2.10 bits per heavy atom. The molecule has 0 aliphatic heterocycles. The summed E-state index contributed by atoms with van der Waals surface area (Å²) in [6.07, 6.45) is 5.51. The van der Waals surface area contributed by atoms with Gasteiger partial charge in [-0.2, -0.15) is 0 Å². The van der Waals surface area contributed by atoms with Gasteiger partial charge in [-0.25, -0.2) is 8.42 Å². The maximum absolute atomic E-state index is 12.4. The molecule has 21 heavy (non-hydrogen) atoms. The SMILES string of the molecule is C[C@@H]1CCCC[C@H]1NC(=O)[C@@H](C)S(=O)(=O)c1nncn1C. The maximum Gasteiger partial charge on any atom is 0.250 e. The van der Waals surface area contributed by atoms with Gasteiger partial charge in [0, 0.05) is 13.1 Å². The minimum Gasteiger partial charge on any atom is -0.352 e. The molecule has 1 fully saturated rings. The van der Waals surface area contributed by atoms with Crippen molar-refractivity contribution in [2.75, 3.05) is 0 Å². The normalized spacial score (nSPS) is 24.5. The summed E-state index contributed by atoms with van der Waals surface area (Å²) in [4.78, 5) is 12.3. The molecule has 0 aromatic carbocycles. The lowest BCUT2D eigenvalue weighted by Gasteiger charge is -2.30. The van der Waals surface area contributed by atoms with Crippen LogP contribution in [0.15, 0.2) is 11.5 Å². The quantitative estimate of drug-likeness (QED) is 0.881. The highest BCUT2D eigenvalue weighted by atomic mass is 32.2. The summed E-state index contributed by atoms with van der Waals surface area (Å²) < 4.78 is 26.1. The van der Waals surface area contributed by atoms with E-state index >= 15 is 0 Å². The molecule has 0 bridgehead atoms. The highest BCUT2D eigenvalue weighted by molar-refractivity contribution is 7.92. The van der Waals surface area contributed by atoms with Crippen LogP contribution in [-0.4, -0.2) is 40.4 Å². The van der Waals surface area contributed by atoms with Crippen molar-refractivity contribution in [1.29, 1.82) is 0 Å². The van der Waals surface area contributed by atoms with Crippen molar-refractivity contribution in [3.05, 3.63) is 6.33 Å². The summed E-state index contributed by atoms with van der Waals surface area (Å²) in [5, 5.41) is 8.69. The van der Waals surface area contributed by atoms with Crippen LogP contribution in [0.1, 0.15) is 39.5 Å². The van der Waals surface area contributed by atoms with E-state index in [1.807, 2.05) is 0 Å². The molecule has 1 amide bonds. The number of aryl methyl sites for hydroxylation is 1. The van der Waals surface area contributed by atoms with Crippen molar-refractivity contribution in [2.45, 2.75) is 56.0 Å². The average Bonchev–Trinajstić information content (AvgIpc) is 2.87. The molecule has 118 valence electrons. The summed E-state index contributed by atoms with van der Waals surface area (Å²) in [5.41, 5.74) is 0. The van der Waals surface area contributed by atoms with E-state index in [1.165, 1.54) is 24.2 Å². The lowest BCUT2D eigenvalue weighted by Crippen LogP contribution is -2.47. The van der Waals surface area contributed by atoms with Crippen LogP contribution >= 0.6 is 0 Å². The van der Waals surface area contributed by atoms with Crippen LogP contribution in [-0.2, 0) is 21.7 Å². The third kappa shape index (κ3) is 3.25. The van der Waals surface area contributed by atoms with Crippen LogP contribution in [0.4, 0.5) is 0 Å². The fourth-order valence-corrected chi connectivity index (χ4v) is 3.94. The van der Waals surface area contributed by atoms with Crippen molar-refractivity contribution in [2.24, 2.45) is 13.0 Å². The number of rotatable bonds is 4. The van der Waals surface area contributed by atoms with Crippen molar-refractivity contribution in [3.8, 4) is 0 Å². The highest BCUT2D eigenvalue weighted by Gasteiger charge is 2.35. The van der Waals surface area contributed by atoms with Crippen LogP contribution in [0.5, 0.6) is 0 Å². The molecule has 7 nitrogen and oxygen atoms in total. The van der Waals surface area contributed by atoms with Gasteiger partial charge in [0.25, 0.3) is 0 Å². The maximum atomic E-state index is 12.4. The molecule has 1 aromatic heterocycles. The van der Waals surface area contributed by atoms with Crippen molar-refractivity contribution in [3.63, 3.8) is 0 Å². The van der Waals surface area contributed by atoms with Gasteiger partial charge >= 0.3 is 0 Å². The number of sulfone groups is 1. The molecular formula is C13H22N4O3S. The molecule has 0 spiro atoms. The first-order chi connectivity index (χ1) is 9.84. The van der Waals surface area contributed by atoms with E-state index in [0.717, 1.165) is 19.3 Å². The second kappa shape index (κ2) is 6.13. The molecule has 3 atom stereocenters. The second-order valence-corrected chi connectivity index (χ2v) is 7.95. The Bertz CT molecular complexity index is 611. The monoisotopic (exact) mass is 314 g/mol. The lowest BCUT2D eigenvalue weighted by molar-refractivity contribution is -0.121. The van der Waals surface area contributed by atoms with Crippen LogP contribution < -0.4 is 5.32 Å². The minimum atomic E-state index is -3.82. The van der Waals surface area contributed by atoms with Crippen molar-refractivity contribution >= 4 is 15.7 Å². The first-order valence-corrected chi connectivity index (χ1v) is 8.77. The van der Waals surface area contributed by atoms with E-state index in [1.54, 1.807) is 7.05 Å². The Morgan fingerprint density at radius 3 is 2.67 bits per heavy atom. The Balaban J connectivity index is 2.10. The van der Waals surface area contributed by atoms with E-state index in [2.05, 4.69) is 22.4 Å². The average molecular weight is 314 g/mol. The summed E-state index contributed by atoms with van der Waals surface area (Å²) in [5.74, 6) is -0.0795. The third-order valence-electron chi connectivity index (χ3n) is 4.20. The summed E-state index contributed by atoms with van der Waals surface area (Å²) in [6, 6.07) is 0.0587. The number of aromatic nitrogens is 3. The van der Waals surface area contributed by atoms with Gasteiger partial charge in [0.1, 0.15) is 11.6 Å². The third-order valence-corrected chi connectivity index (χ3v) is 6.22. The van der Waals surface area contributed by atoms with E-state index in [9.17, 15) is 13.2 Å². The Labute approximate surface area is 125 Å². The number of nitrogens with zero attached hydrogens (tertiary/aromatic N) is 3. The van der Waals surface area contributed by atoms with Gasteiger partial charge in [-0.05, 0) is 25.7 Å². The number of carbonyl (C=O) groups excluding carboxylic acids is 1. The second-order valence-electron chi connectivity index (χ2n) is 5.79. The lowest BCUT2D eigenvalue weighted by atomic mass is 9.86. The molecule has 1 aliphatic carbocycles. The smallest absolute Gasteiger partial charge is 0.250 e. The van der Waals surface area contributed by atoms with Gasteiger partial charge in [0.15, 0.2) is 0 Å². The predicted molar refractivity (Wildman–Crippen MR) is 77.2 cm³/mol. The van der Waals surface area contributed by atoms with Gasteiger partial charge < -0.3 is 9.88 Å². The van der Waals surface area contributed by atoms with Crippen molar-refractivity contribution < 1.29 is 13.2 Å². The minimum absolute atomic E-state index is 0.0587. The van der Waals surface area contributed by atoms with Crippen LogP contribution in [0.25, 0.3) is 0 Å². The fourth-order valence-electron chi connectivity index (χ4n) is 2.66. The fraction of sp³-hybridized carbons (Fsp3) is 0.769. The van der Waals surface area contributed by atoms with E-state index < -0.39 is 21.0 Å². The number of carbonyl (C=O) groups is 1. The zero-order valence-electron chi connectivity index (χ0n) is 12.6. The molecule has 1 aliphatic rings. The molecule has 0 saturated heterocycles. The Morgan fingerprint density at radius 1 is 1.43 bits per heavy atom. The molecule has 0 unspecified atom stereocenters. The summed E-state index contributed by atoms with van der Waals surface area (Å²) in [7, 11) is -2.27. The molecular weight excluding hydrogens is 292 g/mol. The molecule has 8 heteroatoms. The molecule has 1 aromatic rings. The van der Waals surface area contributed by atoms with E-state index in [-0.39, 0.29) is 11.2 Å². The summed E-state index contributed by atoms with van der Waals surface area (Å²) in [6.45, 7) is 3.48. The zero-order valence-corrected chi connectivity index (χ0v) is 13.4. The topological polar surface area (TPSA) is 93.9 Å². The van der Waals surface area contributed by atoms with Gasteiger partial charge in [0.05, 0.1) is 0 Å². The number of hydrogen-bond donors (Lipinski definition) is 1. The van der Waals surface area contributed by atoms with Gasteiger partial charge in [-0.15, -0.1) is 10.2 Å². The first-order valence-electron chi connectivity index (χ1n) is 7.22. The summed E-state index contributed by atoms with van der Waals surface area (Å²) >= 11 is 0.